The molecule has 0 spiro atoms. The molecule has 1 fully saturated rings. The highest BCUT2D eigenvalue weighted by Gasteiger charge is 2.39. The van der Waals surface area contributed by atoms with Gasteiger partial charge in [0, 0.05) is 19.3 Å². The van der Waals surface area contributed by atoms with Crippen LogP contribution in [-0.2, 0) is 9.39 Å². The van der Waals surface area contributed by atoms with E-state index in [1.54, 1.807) is 40.0 Å². The van der Waals surface area contributed by atoms with Crippen LogP contribution in [0.4, 0.5) is 5.82 Å². The first-order valence-corrected chi connectivity index (χ1v) is 7.57. The Balaban J connectivity index is 2.11. The van der Waals surface area contributed by atoms with Crippen molar-refractivity contribution in [2.24, 2.45) is 0 Å². The summed E-state index contributed by atoms with van der Waals surface area (Å²) < 4.78 is 11.0. The van der Waals surface area contributed by atoms with Gasteiger partial charge in [0.05, 0.1) is 24.4 Å². The van der Waals surface area contributed by atoms with Gasteiger partial charge in [0.2, 0.25) is 0 Å². The molecule has 1 saturated heterocycles. The number of pyridine rings is 1. The largest absolute Gasteiger partial charge is 0.491 e. The van der Waals surface area contributed by atoms with Crippen molar-refractivity contribution < 1.29 is 19.5 Å². The molecule has 0 saturated carbocycles. The number of hydrogen-bond donors (Lipinski definition) is 2. The van der Waals surface area contributed by atoms with E-state index in [4.69, 9.17) is 9.39 Å². The van der Waals surface area contributed by atoms with E-state index in [9.17, 15) is 10.1 Å². The van der Waals surface area contributed by atoms with E-state index in [2.05, 4.69) is 9.88 Å². The summed E-state index contributed by atoms with van der Waals surface area (Å²) >= 11 is 0. The molecular formula is C15H25BN2O4. The lowest BCUT2D eigenvalue weighted by atomic mass is 9.77. The smallest absolute Gasteiger partial charge is 0.423 e. The third kappa shape index (κ3) is 3.98. The zero-order chi connectivity index (χ0) is 16.4. The maximum atomic E-state index is 10.3. The van der Waals surface area contributed by atoms with Crippen molar-refractivity contribution in [1.29, 1.82) is 0 Å². The molecule has 0 amide bonds. The van der Waals surface area contributed by atoms with Gasteiger partial charge in [-0.3, -0.25) is 0 Å². The lowest BCUT2D eigenvalue weighted by Gasteiger charge is -2.38. The first-order valence-electron chi connectivity index (χ1n) is 7.57. The van der Waals surface area contributed by atoms with Crippen molar-refractivity contribution in [3.05, 3.63) is 18.3 Å². The van der Waals surface area contributed by atoms with E-state index < -0.39 is 18.3 Å². The lowest BCUT2D eigenvalue weighted by Crippen LogP contribution is -2.53. The van der Waals surface area contributed by atoms with Crippen LogP contribution in [0.15, 0.2) is 18.3 Å². The van der Waals surface area contributed by atoms with Crippen molar-refractivity contribution in [3.63, 3.8) is 0 Å². The molecule has 22 heavy (non-hydrogen) atoms. The third-order valence-electron chi connectivity index (χ3n) is 4.27. The Hall–Kier alpha value is -1.15. The van der Waals surface area contributed by atoms with Gasteiger partial charge in [-0.05, 0) is 45.3 Å². The number of nitrogens with zero attached hydrogens (tertiary/aromatic N) is 2. The molecule has 1 aliphatic rings. The van der Waals surface area contributed by atoms with E-state index in [1.807, 2.05) is 6.07 Å². The van der Waals surface area contributed by atoms with Crippen LogP contribution in [0.25, 0.3) is 0 Å². The molecule has 1 aromatic rings. The van der Waals surface area contributed by atoms with Gasteiger partial charge in [-0.15, -0.1) is 0 Å². The van der Waals surface area contributed by atoms with Gasteiger partial charge >= 0.3 is 7.12 Å². The van der Waals surface area contributed by atoms with Gasteiger partial charge in [0.25, 0.3) is 0 Å². The van der Waals surface area contributed by atoms with Gasteiger partial charge in [0.1, 0.15) is 5.82 Å². The van der Waals surface area contributed by atoms with E-state index in [1.165, 1.54) is 0 Å². The number of hydrogen-bond acceptors (Lipinski definition) is 6. The molecule has 7 heteroatoms. The molecule has 2 N–H and O–H groups in total. The van der Waals surface area contributed by atoms with Gasteiger partial charge in [-0.25, -0.2) is 4.98 Å². The number of aromatic nitrogens is 1. The Bertz CT molecular complexity index is 499. The van der Waals surface area contributed by atoms with Gasteiger partial charge in [-0.2, -0.15) is 0 Å². The molecule has 6 nitrogen and oxygen atoms in total. The average Bonchev–Trinajstić information content (AvgIpc) is 2.47. The fourth-order valence-electron chi connectivity index (χ4n) is 2.04. The summed E-state index contributed by atoms with van der Waals surface area (Å²) in [7, 11) is -1.12. The molecule has 122 valence electrons. The van der Waals surface area contributed by atoms with Crippen molar-refractivity contribution in [3.8, 4) is 0 Å². The summed E-state index contributed by atoms with van der Waals surface area (Å²) in [6, 6.07) is 3.53. The van der Waals surface area contributed by atoms with Crippen LogP contribution >= 0.6 is 0 Å². The highest BCUT2D eigenvalue weighted by molar-refractivity contribution is 6.60. The predicted octanol–water partition coefficient (Wildman–Crippen LogP) is 0.172. The van der Waals surface area contributed by atoms with Crippen LogP contribution in [0.5, 0.6) is 0 Å². The van der Waals surface area contributed by atoms with E-state index in [-0.39, 0.29) is 0 Å². The van der Waals surface area contributed by atoms with E-state index >= 15 is 0 Å². The quantitative estimate of drug-likeness (QED) is 0.756. The molecule has 2 rings (SSSR count). The fourth-order valence-corrected chi connectivity index (χ4v) is 2.04. The van der Waals surface area contributed by atoms with Crippen LogP contribution < -0.4 is 10.4 Å². The van der Waals surface area contributed by atoms with Crippen LogP contribution in [0, 0.1) is 0 Å². The maximum Gasteiger partial charge on any atom is 0.491 e. The zero-order valence-corrected chi connectivity index (χ0v) is 13.7. The fraction of sp³-hybridized carbons (Fsp3) is 0.667. The van der Waals surface area contributed by atoms with Crippen molar-refractivity contribution in [2.45, 2.75) is 38.9 Å². The molecule has 0 bridgehead atoms. The van der Waals surface area contributed by atoms with E-state index in [0.29, 0.717) is 18.7 Å². The molecule has 2 heterocycles. The SMILES string of the molecule is CC(C)(O)C(C)(C)OB(O)c1ccnc(N2CCOCC2)c1. The second-order valence-electron chi connectivity index (χ2n) is 6.59. The van der Waals surface area contributed by atoms with Crippen LogP contribution in [-0.4, -0.2) is 59.7 Å². The number of aliphatic hydroxyl groups is 1. The van der Waals surface area contributed by atoms with Crippen LogP contribution in [0.2, 0.25) is 0 Å². The third-order valence-corrected chi connectivity index (χ3v) is 4.27. The molecule has 1 aromatic heterocycles. The molecule has 1 aliphatic heterocycles. The van der Waals surface area contributed by atoms with Gasteiger partial charge in [0.15, 0.2) is 0 Å². The number of morpholine rings is 1. The molecule has 0 aromatic carbocycles. The van der Waals surface area contributed by atoms with Gasteiger partial charge < -0.3 is 24.4 Å². The van der Waals surface area contributed by atoms with Crippen LogP contribution in [0.1, 0.15) is 27.7 Å². The molecular weight excluding hydrogens is 283 g/mol. The Morgan fingerprint density at radius 2 is 1.91 bits per heavy atom. The van der Waals surface area contributed by atoms with E-state index in [0.717, 1.165) is 18.9 Å². The minimum Gasteiger partial charge on any atom is -0.423 e. The Kier molecular flexibility index (Phi) is 5.12. The summed E-state index contributed by atoms with van der Waals surface area (Å²) in [5, 5.41) is 20.5. The molecule has 0 radical (unpaired) electrons. The van der Waals surface area contributed by atoms with Crippen molar-refractivity contribution in [2.75, 3.05) is 31.2 Å². The highest BCUT2D eigenvalue weighted by atomic mass is 16.5. The number of anilines is 1. The molecule has 0 unspecified atom stereocenters. The van der Waals surface area contributed by atoms with Crippen LogP contribution in [0.3, 0.4) is 0 Å². The number of rotatable bonds is 5. The maximum absolute atomic E-state index is 10.3. The Labute approximate surface area is 132 Å². The molecule has 0 aliphatic carbocycles. The first-order chi connectivity index (χ1) is 10.2. The Morgan fingerprint density at radius 3 is 2.50 bits per heavy atom. The second-order valence-corrected chi connectivity index (χ2v) is 6.59. The van der Waals surface area contributed by atoms with Crippen molar-refractivity contribution in [1.82, 2.24) is 4.98 Å². The summed E-state index contributed by atoms with van der Waals surface area (Å²) in [5.41, 5.74) is -1.35. The Morgan fingerprint density at radius 1 is 1.27 bits per heavy atom. The van der Waals surface area contributed by atoms with Crippen molar-refractivity contribution >= 4 is 18.4 Å². The normalized spacial score (nSPS) is 16.7. The lowest BCUT2D eigenvalue weighted by molar-refractivity contribution is -0.0982. The summed E-state index contributed by atoms with van der Waals surface area (Å²) in [6.45, 7) is 9.73. The molecule has 0 atom stereocenters. The highest BCUT2D eigenvalue weighted by Crippen LogP contribution is 2.25. The summed E-state index contributed by atoms with van der Waals surface area (Å²) in [5.74, 6) is 0.796. The average molecular weight is 308 g/mol. The monoisotopic (exact) mass is 308 g/mol. The summed E-state index contributed by atoms with van der Waals surface area (Å²) in [4.78, 5) is 6.46. The predicted molar refractivity (Wildman–Crippen MR) is 86.3 cm³/mol. The number of ether oxygens (including phenoxy) is 1. The minimum absolute atomic E-state index is 0.619. The van der Waals surface area contributed by atoms with Gasteiger partial charge in [-0.1, -0.05) is 0 Å². The standard InChI is InChI=1S/C15H25BN2O4/c1-14(2,19)15(3,4)22-16(20)12-5-6-17-13(11-12)18-7-9-21-10-8-18/h5-6,11,19-20H,7-10H2,1-4H3. The minimum atomic E-state index is -1.12. The first kappa shape index (κ1) is 17.2. The zero-order valence-electron chi connectivity index (χ0n) is 13.7. The second kappa shape index (κ2) is 6.54. The topological polar surface area (TPSA) is 75.0 Å². The summed E-state index contributed by atoms with van der Waals surface area (Å²) in [6.07, 6.45) is 1.66.